The molecule has 3 rings (SSSR count). The van der Waals surface area contributed by atoms with Crippen molar-refractivity contribution in [3.05, 3.63) is 65.9 Å². The summed E-state index contributed by atoms with van der Waals surface area (Å²) in [5.74, 6) is -0.345. The molecule has 2 heterocycles. The van der Waals surface area contributed by atoms with Crippen LogP contribution in [0.2, 0.25) is 5.15 Å². The van der Waals surface area contributed by atoms with E-state index in [4.69, 9.17) is 16.3 Å². The Morgan fingerprint density at radius 2 is 2.00 bits per heavy atom. The summed E-state index contributed by atoms with van der Waals surface area (Å²) in [5.41, 5.74) is 1.77. The summed E-state index contributed by atoms with van der Waals surface area (Å²) in [5, 5.41) is 0.328. The van der Waals surface area contributed by atoms with E-state index in [0.29, 0.717) is 28.4 Å². The van der Waals surface area contributed by atoms with Gasteiger partial charge in [0.15, 0.2) is 10.8 Å². The lowest BCUT2D eigenvalue weighted by Crippen LogP contribution is -2.04. The Bertz CT molecular complexity index is 846. The fourth-order valence-corrected chi connectivity index (χ4v) is 2.20. The Kier molecular flexibility index (Phi) is 4.63. The van der Waals surface area contributed by atoms with Crippen LogP contribution in [0.15, 0.2) is 55.1 Å². The topological polar surface area (TPSA) is 69.9 Å². The molecule has 0 aliphatic rings. The van der Waals surface area contributed by atoms with Crippen LogP contribution >= 0.6 is 11.6 Å². The molecule has 1 aromatic carbocycles. The van der Waals surface area contributed by atoms with Crippen LogP contribution in [0.3, 0.4) is 0 Å². The second kappa shape index (κ2) is 7.02. The van der Waals surface area contributed by atoms with Crippen LogP contribution in [0.5, 0.6) is 0 Å². The zero-order chi connectivity index (χ0) is 16.1. The molecule has 0 atom stereocenters. The van der Waals surface area contributed by atoms with Crippen molar-refractivity contribution in [1.29, 1.82) is 0 Å². The van der Waals surface area contributed by atoms with Crippen molar-refractivity contribution >= 4 is 28.7 Å². The maximum absolute atomic E-state index is 11.7. The zero-order valence-corrected chi connectivity index (χ0v) is 12.8. The fraction of sp³-hybridized carbons (Fsp3) is 0.125. The average Bonchev–Trinajstić information content (AvgIpc) is 3.00. The van der Waals surface area contributed by atoms with Crippen molar-refractivity contribution in [2.24, 2.45) is 0 Å². The van der Waals surface area contributed by atoms with Crippen molar-refractivity contribution < 1.29 is 9.53 Å². The van der Waals surface area contributed by atoms with E-state index in [1.165, 1.54) is 6.33 Å². The number of imidazole rings is 1. The number of halogens is 1. The Morgan fingerprint density at radius 3 is 2.83 bits per heavy atom. The summed E-state index contributed by atoms with van der Waals surface area (Å²) in [7, 11) is 0. The number of ether oxygens (including phenoxy) is 1. The summed E-state index contributed by atoms with van der Waals surface area (Å²) in [6.45, 7) is 0.753. The number of hydrogen-bond donors (Lipinski definition) is 0. The molecule has 0 aliphatic carbocycles. The minimum Gasteiger partial charge on any atom is -0.458 e. The second-order valence-electron chi connectivity index (χ2n) is 4.67. The molecule has 0 saturated heterocycles. The lowest BCUT2D eigenvalue weighted by Gasteiger charge is -2.01. The van der Waals surface area contributed by atoms with Crippen molar-refractivity contribution in [3.8, 4) is 0 Å². The van der Waals surface area contributed by atoms with E-state index in [-0.39, 0.29) is 12.6 Å². The van der Waals surface area contributed by atoms with Gasteiger partial charge in [0.1, 0.15) is 18.5 Å². The highest BCUT2D eigenvalue weighted by Crippen LogP contribution is 2.16. The first kappa shape index (κ1) is 15.2. The van der Waals surface area contributed by atoms with Crippen molar-refractivity contribution in [2.45, 2.75) is 6.54 Å². The number of hydrogen-bond acceptors (Lipinski definition) is 5. The molecule has 0 bridgehead atoms. The zero-order valence-electron chi connectivity index (χ0n) is 12.1. The number of aromatic nitrogens is 4. The van der Waals surface area contributed by atoms with E-state index in [9.17, 15) is 4.79 Å². The maximum Gasteiger partial charge on any atom is 0.338 e. The Hall–Kier alpha value is -2.73. The molecule has 0 aliphatic heterocycles. The smallest absolute Gasteiger partial charge is 0.338 e. The maximum atomic E-state index is 11.7. The SMILES string of the molecule is O=C(OC/C=C\Cn1cnc2c(Cl)ncnc21)c1ccccc1. The van der Waals surface area contributed by atoms with Gasteiger partial charge in [0.2, 0.25) is 0 Å². The van der Waals surface area contributed by atoms with Gasteiger partial charge in [-0.05, 0) is 18.2 Å². The lowest BCUT2D eigenvalue weighted by molar-refractivity contribution is 0.0549. The summed E-state index contributed by atoms with van der Waals surface area (Å²) < 4.78 is 6.99. The number of fused-ring (bicyclic) bond motifs is 1. The van der Waals surface area contributed by atoms with Crippen LogP contribution in [0.25, 0.3) is 11.2 Å². The Balaban J connectivity index is 1.55. The van der Waals surface area contributed by atoms with Crippen LogP contribution in [-0.4, -0.2) is 32.1 Å². The standard InChI is InChI=1S/C16H13ClN4O2/c17-14-13-15(19-10-18-14)21(11-20-13)8-4-5-9-23-16(22)12-6-2-1-3-7-12/h1-7,10-11H,8-9H2/b5-4-. The molecule has 0 fully saturated rings. The molecule has 6 nitrogen and oxygen atoms in total. The van der Waals surface area contributed by atoms with Crippen LogP contribution < -0.4 is 0 Å². The molecule has 7 heteroatoms. The monoisotopic (exact) mass is 328 g/mol. The van der Waals surface area contributed by atoms with E-state index in [1.54, 1.807) is 36.7 Å². The largest absolute Gasteiger partial charge is 0.458 e. The van der Waals surface area contributed by atoms with Gasteiger partial charge in [0.05, 0.1) is 11.9 Å². The summed E-state index contributed by atoms with van der Waals surface area (Å²) >= 11 is 5.94. The Morgan fingerprint density at radius 1 is 1.17 bits per heavy atom. The van der Waals surface area contributed by atoms with Crippen LogP contribution in [0.1, 0.15) is 10.4 Å². The molecule has 0 saturated carbocycles. The normalized spacial score (nSPS) is 11.2. The van der Waals surface area contributed by atoms with E-state index in [0.717, 1.165) is 0 Å². The van der Waals surface area contributed by atoms with Crippen molar-refractivity contribution in [2.75, 3.05) is 6.61 Å². The average molecular weight is 329 g/mol. The predicted octanol–water partition coefficient (Wildman–Crippen LogP) is 2.89. The molecule has 0 radical (unpaired) electrons. The van der Waals surface area contributed by atoms with Gasteiger partial charge in [-0.15, -0.1) is 0 Å². The molecular formula is C16H13ClN4O2. The molecular weight excluding hydrogens is 316 g/mol. The molecule has 0 amide bonds. The quantitative estimate of drug-likeness (QED) is 0.409. The molecule has 23 heavy (non-hydrogen) atoms. The number of esters is 1. The van der Waals surface area contributed by atoms with E-state index in [2.05, 4.69) is 15.0 Å². The molecule has 0 N–H and O–H groups in total. The van der Waals surface area contributed by atoms with E-state index < -0.39 is 0 Å². The number of nitrogens with zero attached hydrogens (tertiary/aromatic N) is 4. The third-order valence-electron chi connectivity index (χ3n) is 3.15. The van der Waals surface area contributed by atoms with Gasteiger partial charge in [0, 0.05) is 6.54 Å². The number of carbonyl (C=O) groups is 1. The highest BCUT2D eigenvalue weighted by molar-refractivity contribution is 6.33. The molecule has 116 valence electrons. The fourth-order valence-electron chi connectivity index (χ4n) is 2.02. The van der Waals surface area contributed by atoms with Crippen LogP contribution in [0, 0.1) is 0 Å². The van der Waals surface area contributed by atoms with Gasteiger partial charge < -0.3 is 9.30 Å². The van der Waals surface area contributed by atoms with Crippen molar-refractivity contribution in [3.63, 3.8) is 0 Å². The number of benzene rings is 1. The molecule has 2 aromatic heterocycles. The van der Waals surface area contributed by atoms with Crippen LogP contribution in [0.4, 0.5) is 0 Å². The number of rotatable bonds is 5. The van der Waals surface area contributed by atoms with Gasteiger partial charge in [-0.3, -0.25) is 0 Å². The minimum absolute atomic E-state index is 0.204. The highest BCUT2D eigenvalue weighted by Gasteiger charge is 2.07. The molecule has 3 aromatic rings. The van der Waals surface area contributed by atoms with Gasteiger partial charge in [0.25, 0.3) is 0 Å². The predicted molar refractivity (Wildman–Crippen MR) is 86.2 cm³/mol. The number of allylic oxidation sites excluding steroid dienone is 1. The first-order valence-electron chi connectivity index (χ1n) is 6.94. The lowest BCUT2D eigenvalue weighted by atomic mass is 10.2. The second-order valence-corrected chi connectivity index (χ2v) is 5.03. The van der Waals surface area contributed by atoms with E-state index in [1.807, 2.05) is 16.7 Å². The summed E-state index contributed by atoms with van der Waals surface area (Å²) in [4.78, 5) is 24.0. The van der Waals surface area contributed by atoms with E-state index >= 15 is 0 Å². The summed E-state index contributed by atoms with van der Waals surface area (Å²) in [6.07, 6.45) is 6.69. The van der Waals surface area contributed by atoms with Gasteiger partial charge in [-0.2, -0.15) is 0 Å². The Labute approximate surface area is 137 Å². The minimum atomic E-state index is -0.345. The molecule has 0 spiro atoms. The highest BCUT2D eigenvalue weighted by atomic mass is 35.5. The summed E-state index contributed by atoms with van der Waals surface area (Å²) in [6, 6.07) is 8.87. The first-order valence-corrected chi connectivity index (χ1v) is 7.32. The molecule has 0 unspecified atom stereocenters. The third kappa shape index (κ3) is 3.54. The van der Waals surface area contributed by atoms with Gasteiger partial charge in [-0.25, -0.2) is 19.7 Å². The van der Waals surface area contributed by atoms with Gasteiger partial charge in [-0.1, -0.05) is 35.9 Å². The third-order valence-corrected chi connectivity index (χ3v) is 3.42. The van der Waals surface area contributed by atoms with Crippen LogP contribution in [-0.2, 0) is 11.3 Å². The number of carbonyl (C=O) groups excluding carboxylic acids is 1. The van der Waals surface area contributed by atoms with Gasteiger partial charge >= 0.3 is 5.97 Å². The van der Waals surface area contributed by atoms with Crippen molar-refractivity contribution in [1.82, 2.24) is 19.5 Å². The first-order chi connectivity index (χ1) is 11.3.